The average Bonchev–Trinajstić information content (AvgIpc) is 2.81. The van der Waals surface area contributed by atoms with Crippen LogP contribution in [0.3, 0.4) is 0 Å². The van der Waals surface area contributed by atoms with Gasteiger partial charge in [-0.2, -0.15) is 0 Å². The molecule has 0 saturated carbocycles. The van der Waals surface area contributed by atoms with Gasteiger partial charge in [-0.15, -0.1) is 0 Å². The number of hydrogen-bond donors (Lipinski definition) is 1. The lowest BCUT2D eigenvalue weighted by molar-refractivity contribution is 0.0695. The maximum Gasteiger partial charge on any atom is 0.339 e. The van der Waals surface area contributed by atoms with Gasteiger partial charge in [-0.1, -0.05) is 11.8 Å². The van der Waals surface area contributed by atoms with Crippen molar-refractivity contribution in [1.82, 2.24) is 9.97 Å². The number of aromatic nitrogens is 2. The second-order valence-electron chi connectivity index (χ2n) is 4.15. The van der Waals surface area contributed by atoms with E-state index < -0.39 is 5.97 Å². The fraction of sp³-hybridized carbons (Fsp3) is 0.308. The van der Waals surface area contributed by atoms with Crippen LogP contribution in [0.15, 0.2) is 21.9 Å². The molecule has 2 aromatic heterocycles. The zero-order valence-electron chi connectivity index (χ0n) is 10.9. The molecule has 1 N–H and O–H groups in total. The maximum atomic E-state index is 10.9. The van der Waals surface area contributed by atoms with E-state index in [4.69, 9.17) is 9.52 Å². The number of rotatable bonds is 4. The number of aromatic carboxylic acids is 1. The summed E-state index contributed by atoms with van der Waals surface area (Å²) in [7, 11) is 0. The van der Waals surface area contributed by atoms with Gasteiger partial charge in [0.2, 0.25) is 0 Å². The van der Waals surface area contributed by atoms with Crippen molar-refractivity contribution in [3.05, 3.63) is 40.6 Å². The van der Waals surface area contributed by atoms with E-state index in [-0.39, 0.29) is 5.56 Å². The van der Waals surface area contributed by atoms with Gasteiger partial charge in [0, 0.05) is 11.4 Å². The first kappa shape index (κ1) is 13.6. The summed E-state index contributed by atoms with van der Waals surface area (Å²) in [6, 6.07) is 1.45. The second-order valence-corrected chi connectivity index (χ2v) is 5.10. The van der Waals surface area contributed by atoms with E-state index >= 15 is 0 Å². The van der Waals surface area contributed by atoms with Crippen LogP contribution < -0.4 is 0 Å². The zero-order chi connectivity index (χ0) is 14.0. The molecule has 0 bridgehead atoms. The third-order valence-corrected chi connectivity index (χ3v) is 3.77. The number of nitrogens with zero attached hydrogens (tertiary/aromatic N) is 2. The minimum Gasteiger partial charge on any atom is -0.478 e. The molecule has 19 heavy (non-hydrogen) atoms. The van der Waals surface area contributed by atoms with Crippen molar-refractivity contribution in [1.29, 1.82) is 0 Å². The normalized spacial score (nSPS) is 10.7. The van der Waals surface area contributed by atoms with Crippen molar-refractivity contribution in [3.8, 4) is 0 Å². The molecule has 0 aromatic carbocycles. The number of carboxylic acid groups (broad SMARTS) is 1. The van der Waals surface area contributed by atoms with Crippen molar-refractivity contribution in [3.63, 3.8) is 0 Å². The first-order valence-corrected chi connectivity index (χ1v) is 6.72. The fourth-order valence-electron chi connectivity index (χ4n) is 1.58. The Hall–Kier alpha value is -1.82. The van der Waals surface area contributed by atoms with Gasteiger partial charge in [0.25, 0.3) is 0 Å². The molecule has 0 amide bonds. The van der Waals surface area contributed by atoms with Gasteiger partial charge >= 0.3 is 5.97 Å². The quantitative estimate of drug-likeness (QED) is 0.684. The molecule has 0 aliphatic heterocycles. The largest absolute Gasteiger partial charge is 0.478 e. The molecule has 2 rings (SSSR count). The molecule has 0 atom stereocenters. The molecule has 6 heteroatoms. The SMILES string of the molecule is Cc1nc(SCc2occc2C(=O)O)nc(C)c1C. The van der Waals surface area contributed by atoms with Gasteiger partial charge in [-0.3, -0.25) is 0 Å². The Morgan fingerprint density at radius 3 is 2.53 bits per heavy atom. The lowest BCUT2D eigenvalue weighted by Gasteiger charge is -2.06. The highest BCUT2D eigenvalue weighted by Crippen LogP contribution is 2.23. The van der Waals surface area contributed by atoms with E-state index in [0.717, 1.165) is 17.0 Å². The third-order valence-electron chi connectivity index (χ3n) is 2.92. The first-order valence-electron chi connectivity index (χ1n) is 5.73. The topological polar surface area (TPSA) is 76.2 Å². The summed E-state index contributed by atoms with van der Waals surface area (Å²) >= 11 is 1.37. The molecule has 0 spiro atoms. The van der Waals surface area contributed by atoms with E-state index in [9.17, 15) is 4.79 Å². The van der Waals surface area contributed by atoms with E-state index in [1.54, 1.807) is 0 Å². The summed E-state index contributed by atoms with van der Waals surface area (Å²) < 4.78 is 5.17. The summed E-state index contributed by atoms with van der Waals surface area (Å²) in [5, 5.41) is 9.61. The molecule has 2 aromatic rings. The standard InChI is InChI=1S/C13H14N2O3S/c1-7-8(2)14-13(15-9(7)3)19-6-11-10(12(16)17)4-5-18-11/h4-5H,6H2,1-3H3,(H,16,17). The number of aryl methyl sites for hydroxylation is 2. The highest BCUT2D eigenvalue weighted by molar-refractivity contribution is 7.98. The third kappa shape index (κ3) is 2.96. The van der Waals surface area contributed by atoms with Crippen LogP contribution in [0.2, 0.25) is 0 Å². The highest BCUT2D eigenvalue weighted by Gasteiger charge is 2.14. The smallest absolute Gasteiger partial charge is 0.339 e. The minimum atomic E-state index is -0.985. The predicted molar refractivity (Wildman–Crippen MR) is 71.5 cm³/mol. The average molecular weight is 278 g/mol. The Labute approximate surface area is 115 Å². The lowest BCUT2D eigenvalue weighted by atomic mass is 10.2. The zero-order valence-corrected chi connectivity index (χ0v) is 11.7. The summed E-state index contributed by atoms with van der Waals surface area (Å²) in [5.41, 5.74) is 3.14. The minimum absolute atomic E-state index is 0.188. The molecular weight excluding hydrogens is 264 g/mol. The monoisotopic (exact) mass is 278 g/mol. The van der Waals surface area contributed by atoms with E-state index in [2.05, 4.69) is 9.97 Å². The van der Waals surface area contributed by atoms with Crippen molar-refractivity contribution in [2.24, 2.45) is 0 Å². The molecular formula is C13H14N2O3S. The van der Waals surface area contributed by atoms with Crippen LogP contribution in [0.1, 0.15) is 33.1 Å². The molecule has 0 fully saturated rings. The van der Waals surface area contributed by atoms with Crippen molar-refractivity contribution in [2.45, 2.75) is 31.7 Å². The predicted octanol–water partition coefficient (Wildman–Crippen LogP) is 2.99. The number of thioether (sulfide) groups is 1. The Bertz CT molecular complexity index is 599. The molecule has 0 saturated heterocycles. The van der Waals surface area contributed by atoms with E-state index in [0.29, 0.717) is 16.7 Å². The van der Waals surface area contributed by atoms with Gasteiger partial charge < -0.3 is 9.52 Å². The van der Waals surface area contributed by atoms with E-state index in [1.165, 1.54) is 24.1 Å². The Morgan fingerprint density at radius 1 is 1.32 bits per heavy atom. The maximum absolute atomic E-state index is 10.9. The van der Waals surface area contributed by atoms with Gasteiger partial charge in [0.15, 0.2) is 5.16 Å². The van der Waals surface area contributed by atoms with Crippen LogP contribution in [0.5, 0.6) is 0 Å². The summed E-state index contributed by atoms with van der Waals surface area (Å²) in [6.45, 7) is 5.85. The van der Waals surface area contributed by atoms with Crippen LogP contribution >= 0.6 is 11.8 Å². The van der Waals surface area contributed by atoms with Crippen LogP contribution in [-0.4, -0.2) is 21.0 Å². The van der Waals surface area contributed by atoms with Crippen molar-refractivity contribution >= 4 is 17.7 Å². The summed E-state index contributed by atoms with van der Waals surface area (Å²) in [4.78, 5) is 19.7. The van der Waals surface area contributed by atoms with Crippen molar-refractivity contribution < 1.29 is 14.3 Å². The number of hydrogen-bond acceptors (Lipinski definition) is 5. The number of carboxylic acids is 1. The van der Waals surface area contributed by atoms with Gasteiger partial charge in [-0.05, 0) is 32.4 Å². The second kappa shape index (κ2) is 5.44. The number of furan rings is 1. The van der Waals surface area contributed by atoms with Crippen molar-refractivity contribution in [2.75, 3.05) is 0 Å². The Morgan fingerprint density at radius 2 is 1.95 bits per heavy atom. The Balaban J connectivity index is 2.15. The summed E-state index contributed by atoms with van der Waals surface area (Å²) in [6.07, 6.45) is 1.38. The molecule has 0 aliphatic rings. The molecule has 5 nitrogen and oxygen atoms in total. The summed E-state index contributed by atoms with van der Waals surface area (Å²) in [5.74, 6) is -0.158. The fourth-order valence-corrected chi connectivity index (χ4v) is 2.47. The molecule has 2 heterocycles. The van der Waals surface area contributed by atoms with Gasteiger partial charge in [0.05, 0.1) is 12.0 Å². The Kier molecular flexibility index (Phi) is 3.90. The number of carbonyl (C=O) groups is 1. The van der Waals surface area contributed by atoms with E-state index in [1.807, 2.05) is 20.8 Å². The lowest BCUT2D eigenvalue weighted by Crippen LogP contribution is -2.00. The first-order chi connectivity index (χ1) is 8.99. The molecule has 0 unspecified atom stereocenters. The van der Waals surface area contributed by atoms with Crippen LogP contribution in [0.25, 0.3) is 0 Å². The van der Waals surface area contributed by atoms with Gasteiger partial charge in [-0.25, -0.2) is 14.8 Å². The highest BCUT2D eigenvalue weighted by atomic mass is 32.2. The van der Waals surface area contributed by atoms with Gasteiger partial charge in [0.1, 0.15) is 11.3 Å². The van der Waals surface area contributed by atoms with Crippen LogP contribution in [0.4, 0.5) is 0 Å². The van der Waals surface area contributed by atoms with Crippen LogP contribution in [-0.2, 0) is 5.75 Å². The molecule has 0 radical (unpaired) electrons. The molecule has 100 valence electrons. The molecule has 0 aliphatic carbocycles. The van der Waals surface area contributed by atoms with Crippen LogP contribution in [0, 0.1) is 20.8 Å².